The summed E-state index contributed by atoms with van der Waals surface area (Å²) in [6.07, 6.45) is 1.76. The fourth-order valence-electron chi connectivity index (χ4n) is 2.03. The first-order valence-electron chi connectivity index (χ1n) is 6.90. The third-order valence-corrected chi connectivity index (χ3v) is 3.18. The molecule has 0 fully saturated rings. The Kier molecular flexibility index (Phi) is 5.40. The second-order valence-electron chi connectivity index (χ2n) is 4.80. The minimum Gasteiger partial charge on any atom is -0.484 e. The van der Waals surface area contributed by atoms with Crippen LogP contribution in [0.25, 0.3) is 0 Å². The number of aliphatic hydroxyl groups excluding tert-OH is 1. The number of benzene rings is 1. The number of nitrogens with one attached hydrogen (secondary N) is 1. The van der Waals surface area contributed by atoms with Crippen LogP contribution in [0.2, 0.25) is 0 Å². The molecule has 2 rings (SSSR count). The normalized spacial score (nSPS) is 11.9. The minimum atomic E-state index is -0.583. The highest BCUT2D eigenvalue weighted by Gasteiger charge is 2.11. The summed E-state index contributed by atoms with van der Waals surface area (Å²) in [5, 5.41) is 12.7. The van der Waals surface area contributed by atoms with Crippen molar-refractivity contribution in [3.05, 3.63) is 54.4 Å². The van der Waals surface area contributed by atoms with Crippen LogP contribution >= 0.6 is 0 Å². The molecule has 2 aromatic rings. The van der Waals surface area contributed by atoms with Crippen molar-refractivity contribution < 1.29 is 14.6 Å². The number of rotatable bonds is 7. The molecule has 2 N–H and O–H groups in total. The quantitative estimate of drug-likeness (QED) is 0.814. The molecule has 1 aromatic heterocycles. The molecule has 0 aliphatic heterocycles. The highest BCUT2D eigenvalue weighted by atomic mass is 16.5. The van der Waals surface area contributed by atoms with Gasteiger partial charge in [0.15, 0.2) is 6.61 Å². The highest BCUT2D eigenvalue weighted by Crippen LogP contribution is 2.15. The lowest BCUT2D eigenvalue weighted by atomic mass is 10.2. The SMILES string of the molecule is Cn1cccc1C(O)CCNC(=O)COc1ccccc1. The van der Waals surface area contributed by atoms with E-state index in [0.717, 1.165) is 5.69 Å². The summed E-state index contributed by atoms with van der Waals surface area (Å²) in [6, 6.07) is 12.9. The average Bonchev–Trinajstić information content (AvgIpc) is 2.92. The van der Waals surface area contributed by atoms with Crippen molar-refractivity contribution in [1.82, 2.24) is 9.88 Å². The Balaban J connectivity index is 1.66. The maximum atomic E-state index is 11.6. The second kappa shape index (κ2) is 7.50. The van der Waals surface area contributed by atoms with Crippen molar-refractivity contribution in [2.24, 2.45) is 7.05 Å². The Morgan fingerprint density at radius 2 is 2.05 bits per heavy atom. The van der Waals surface area contributed by atoms with Gasteiger partial charge in [0, 0.05) is 25.5 Å². The van der Waals surface area contributed by atoms with E-state index in [1.807, 2.05) is 48.1 Å². The molecule has 1 aromatic carbocycles. The molecule has 0 aliphatic rings. The molecule has 0 aliphatic carbocycles. The van der Waals surface area contributed by atoms with Crippen molar-refractivity contribution in [2.75, 3.05) is 13.2 Å². The first kappa shape index (κ1) is 15.1. The maximum Gasteiger partial charge on any atom is 0.257 e. The molecule has 5 heteroatoms. The van der Waals surface area contributed by atoms with Gasteiger partial charge < -0.3 is 19.7 Å². The number of aliphatic hydroxyl groups is 1. The van der Waals surface area contributed by atoms with Gasteiger partial charge in [-0.05, 0) is 30.7 Å². The highest BCUT2D eigenvalue weighted by molar-refractivity contribution is 5.77. The van der Waals surface area contributed by atoms with Crippen LogP contribution in [0.4, 0.5) is 0 Å². The molecule has 0 saturated carbocycles. The first-order valence-corrected chi connectivity index (χ1v) is 6.90. The van der Waals surface area contributed by atoms with Crippen LogP contribution in [0, 0.1) is 0 Å². The number of carbonyl (C=O) groups excluding carboxylic acids is 1. The predicted molar refractivity (Wildman–Crippen MR) is 79.9 cm³/mol. The molecule has 1 heterocycles. The Morgan fingerprint density at radius 1 is 1.29 bits per heavy atom. The van der Waals surface area contributed by atoms with E-state index in [2.05, 4.69) is 5.32 Å². The zero-order valence-electron chi connectivity index (χ0n) is 12.0. The van der Waals surface area contributed by atoms with Gasteiger partial charge >= 0.3 is 0 Å². The van der Waals surface area contributed by atoms with E-state index in [1.165, 1.54) is 0 Å². The number of carbonyl (C=O) groups is 1. The van der Waals surface area contributed by atoms with Crippen molar-refractivity contribution >= 4 is 5.91 Å². The van der Waals surface area contributed by atoms with Crippen LogP contribution in [0.1, 0.15) is 18.2 Å². The van der Waals surface area contributed by atoms with E-state index in [1.54, 1.807) is 12.1 Å². The van der Waals surface area contributed by atoms with Gasteiger partial charge in [-0.1, -0.05) is 18.2 Å². The average molecular weight is 288 g/mol. The molecule has 1 atom stereocenters. The second-order valence-corrected chi connectivity index (χ2v) is 4.80. The molecule has 1 unspecified atom stereocenters. The van der Waals surface area contributed by atoms with Crippen molar-refractivity contribution in [3.63, 3.8) is 0 Å². The number of aryl methyl sites for hydroxylation is 1. The van der Waals surface area contributed by atoms with Crippen molar-refractivity contribution in [3.8, 4) is 5.75 Å². The van der Waals surface area contributed by atoms with Gasteiger partial charge in [-0.15, -0.1) is 0 Å². The lowest BCUT2D eigenvalue weighted by molar-refractivity contribution is -0.123. The van der Waals surface area contributed by atoms with Crippen molar-refractivity contribution in [1.29, 1.82) is 0 Å². The monoisotopic (exact) mass is 288 g/mol. The van der Waals surface area contributed by atoms with Crippen LogP contribution in [0.3, 0.4) is 0 Å². The molecular formula is C16H20N2O3. The summed E-state index contributed by atoms with van der Waals surface area (Å²) in [5.41, 5.74) is 0.838. The summed E-state index contributed by atoms with van der Waals surface area (Å²) >= 11 is 0. The lowest BCUT2D eigenvalue weighted by Crippen LogP contribution is -2.30. The van der Waals surface area contributed by atoms with E-state index in [-0.39, 0.29) is 12.5 Å². The number of nitrogens with zero attached hydrogens (tertiary/aromatic N) is 1. The van der Waals surface area contributed by atoms with Crippen LogP contribution in [-0.4, -0.2) is 28.7 Å². The number of hydrogen-bond acceptors (Lipinski definition) is 3. The number of amides is 1. The van der Waals surface area contributed by atoms with Crippen LogP contribution in [0.15, 0.2) is 48.7 Å². The Morgan fingerprint density at radius 3 is 2.71 bits per heavy atom. The Bertz CT molecular complexity index is 566. The third kappa shape index (κ3) is 4.65. The summed E-state index contributed by atoms with van der Waals surface area (Å²) in [6.45, 7) is 0.383. The fraction of sp³-hybridized carbons (Fsp3) is 0.312. The summed E-state index contributed by atoms with van der Waals surface area (Å²) in [5.74, 6) is 0.467. The molecule has 1 amide bonds. The molecule has 112 valence electrons. The van der Waals surface area contributed by atoms with Gasteiger partial charge in [-0.2, -0.15) is 0 Å². The summed E-state index contributed by atoms with van der Waals surface area (Å²) in [4.78, 5) is 11.6. The first-order chi connectivity index (χ1) is 10.2. The molecule has 0 spiro atoms. The molecule has 21 heavy (non-hydrogen) atoms. The molecule has 0 bridgehead atoms. The van der Waals surface area contributed by atoms with Crippen LogP contribution in [0.5, 0.6) is 5.75 Å². The van der Waals surface area contributed by atoms with Crippen LogP contribution < -0.4 is 10.1 Å². The number of aromatic nitrogens is 1. The number of ether oxygens (including phenoxy) is 1. The number of para-hydroxylation sites is 1. The largest absolute Gasteiger partial charge is 0.484 e. The lowest BCUT2D eigenvalue weighted by Gasteiger charge is -2.12. The zero-order valence-corrected chi connectivity index (χ0v) is 12.0. The van der Waals surface area contributed by atoms with E-state index in [0.29, 0.717) is 18.7 Å². The molecule has 5 nitrogen and oxygen atoms in total. The van der Waals surface area contributed by atoms with Gasteiger partial charge in [0.25, 0.3) is 5.91 Å². The summed E-state index contributed by atoms with van der Waals surface area (Å²) in [7, 11) is 1.88. The van der Waals surface area contributed by atoms with E-state index < -0.39 is 6.10 Å². The van der Waals surface area contributed by atoms with Crippen LogP contribution in [-0.2, 0) is 11.8 Å². The maximum absolute atomic E-state index is 11.6. The van der Waals surface area contributed by atoms with Gasteiger partial charge in [0.1, 0.15) is 5.75 Å². The minimum absolute atomic E-state index is 0.0235. The Hall–Kier alpha value is -2.27. The van der Waals surface area contributed by atoms with Gasteiger partial charge in [-0.25, -0.2) is 0 Å². The van der Waals surface area contributed by atoms with E-state index >= 15 is 0 Å². The van der Waals surface area contributed by atoms with Gasteiger partial charge in [0.05, 0.1) is 6.10 Å². The third-order valence-electron chi connectivity index (χ3n) is 3.18. The predicted octanol–water partition coefficient (Wildman–Crippen LogP) is 1.64. The molecular weight excluding hydrogens is 268 g/mol. The Labute approximate surface area is 124 Å². The molecule has 0 saturated heterocycles. The topological polar surface area (TPSA) is 63.5 Å². The van der Waals surface area contributed by atoms with Gasteiger partial charge in [0.2, 0.25) is 0 Å². The molecule has 0 radical (unpaired) electrons. The van der Waals surface area contributed by atoms with E-state index in [9.17, 15) is 9.90 Å². The summed E-state index contributed by atoms with van der Waals surface area (Å²) < 4.78 is 7.20. The number of hydrogen-bond donors (Lipinski definition) is 2. The van der Waals surface area contributed by atoms with Gasteiger partial charge in [-0.3, -0.25) is 4.79 Å². The zero-order chi connectivity index (χ0) is 15.1. The van der Waals surface area contributed by atoms with Crippen molar-refractivity contribution in [2.45, 2.75) is 12.5 Å². The fourth-order valence-corrected chi connectivity index (χ4v) is 2.03. The smallest absolute Gasteiger partial charge is 0.257 e. The standard InChI is InChI=1S/C16H20N2O3/c1-18-11-5-8-14(18)15(19)9-10-17-16(20)12-21-13-6-3-2-4-7-13/h2-8,11,15,19H,9-10,12H2,1H3,(H,17,20). The van der Waals surface area contributed by atoms with E-state index in [4.69, 9.17) is 4.74 Å².